The fourth-order valence-electron chi connectivity index (χ4n) is 1.27. The van der Waals surface area contributed by atoms with E-state index in [0.717, 1.165) is 22.6 Å². The summed E-state index contributed by atoms with van der Waals surface area (Å²) < 4.78 is 12.8. The molecule has 0 spiro atoms. The van der Waals surface area contributed by atoms with Crippen molar-refractivity contribution in [3.05, 3.63) is 23.5 Å². The Labute approximate surface area is 70.6 Å². The van der Waals surface area contributed by atoms with Gasteiger partial charge < -0.3 is 0 Å². The fraction of sp³-hybridized carbons (Fsp3) is 0.250. The van der Waals surface area contributed by atoms with Crippen molar-refractivity contribution in [1.82, 2.24) is 0 Å². The van der Waals surface area contributed by atoms with Crippen LogP contribution in [-0.2, 0) is 6.42 Å². The van der Waals surface area contributed by atoms with Crippen LogP contribution in [0.3, 0.4) is 0 Å². The SMILES string of the molecule is [B]c1c(F)ccc2c1CCS2. The highest BCUT2D eigenvalue weighted by molar-refractivity contribution is 7.99. The summed E-state index contributed by atoms with van der Waals surface area (Å²) in [4.78, 5) is 1.14. The molecule has 0 N–H and O–H groups in total. The predicted octanol–water partition coefficient (Wildman–Crippen LogP) is 1.27. The van der Waals surface area contributed by atoms with Gasteiger partial charge in [-0.25, -0.2) is 4.39 Å². The number of hydrogen-bond acceptors (Lipinski definition) is 1. The standard InChI is InChI=1S/C8H6BFS/c9-8-5-3-4-11-7(5)2-1-6(8)10/h1-2H,3-4H2. The summed E-state index contributed by atoms with van der Waals surface area (Å²) in [6, 6.07) is 3.24. The average molecular weight is 164 g/mol. The third kappa shape index (κ3) is 1.08. The number of fused-ring (bicyclic) bond motifs is 1. The molecule has 11 heavy (non-hydrogen) atoms. The zero-order valence-corrected chi connectivity index (χ0v) is 6.75. The first-order valence-corrected chi connectivity index (χ1v) is 4.47. The quantitative estimate of drug-likeness (QED) is 0.520. The molecule has 0 atom stereocenters. The maximum absolute atomic E-state index is 12.8. The monoisotopic (exact) mass is 164 g/mol. The number of thioether (sulfide) groups is 1. The van der Waals surface area contributed by atoms with Crippen LogP contribution in [0.4, 0.5) is 4.39 Å². The molecule has 0 aromatic heterocycles. The molecule has 0 unspecified atom stereocenters. The van der Waals surface area contributed by atoms with Crippen LogP contribution >= 0.6 is 11.8 Å². The molecule has 1 aliphatic heterocycles. The van der Waals surface area contributed by atoms with Crippen molar-refractivity contribution in [1.29, 1.82) is 0 Å². The Balaban J connectivity index is 2.62. The maximum Gasteiger partial charge on any atom is 0.118 e. The molecule has 1 aromatic carbocycles. The minimum atomic E-state index is -0.286. The van der Waals surface area contributed by atoms with Crippen molar-refractivity contribution in [2.45, 2.75) is 11.3 Å². The second kappa shape index (κ2) is 2.56. The van der Waals surface area contributed by atoms with Gasteiger partial charge >= 0.3 is 0 Å². The molecule has 0 nitrogen and oxygen atoms in total. The van der Waals surface area contributed by atoms with E-state index in [2.05, 4.69) is 0 Å². The fourth-order valence-corrected chi connectivity index (χ4v) is 2.35. The summed E-state index contributed by atoms with van der Waals surface area (Å²) >= 11 is 1.74. The van der Waals surface area contributed by atoms with Crippen molar-refractivity contribution in [3.8, 4) is 0 Å². The molecule has 2 rings (SSSR count). The smallest absolute Gasteiger partial charge is 0.118 e. The molecule has 0 saturated carbocycles. The molecule has 0 bridgehead atoms. The lowest BCUT2D eigenvalue weighted by Crippen LogP contribution is -2.14. The minimum absolute atomic E-state index is 0.286. The van der Waals surface area contributed by atoms with Gasteiger partial charge in [0.25, 0.3) is 0 Å². The number of halogens is 1. The van der Waals surface area contributed by atoms with Crippen LogP contribution in [0.5, 0.6) is 0 Å². The Morgan fingerprint density at radius 3 is 3.09 bits per heavy atom. The molecule has 54 valence electrons. The summed E-state index contributed by atoms with van der Waals surface area (Å²) in [5.41, 5.74) is 1.34. The van der Waals surface area contributed by atoms with Gasteiger partial charge in [-0.05, 0) is 24.1 Å². The molecule has 2 radical (unpaired) electrons. The van der Waals surface area contributed by atoms with Gasteiger partial charge in [-0.1, -0.05) is 5.46 Å². The van der Waals surface area contributed by atoms with E-state index in [-0.39, 0.29) is 5.82 Å². The van der Waals surface area contributed by atoms with Crippen molar-refractivity contribution in [2.75, 3.05) is 5.75 Å². The Bertz CT molecular complexity index is 298. The van der Waals surface area contributed by atoms with E-state index in [1.807, 2.05) is 0 Å². The molecule has 1 aliphatic rings. The highest BCUT2D eigenvalue weighted by atomic mass is 32.2. The van der Waals surface area contributed by atoms with E-state index in [9.17, 15) is 4.39 Å². The van der Waals surface area contributed by atoms with Crippen molar-refractivity contribution in [3.63, 3.8) is 0 Å². The van der Waals surface area contributed by atoms with E-state index >= 15 is 0 Å². The second-order valence-electron chi connectivity index (χ2n) is 2.54. The molecule has 1 heterocycles. The van der Waals surface area contributed by atoms with Gasteiger partial charge in [0.2, 0.25) is 0 Å². The molecule has 3 heteroatoms. The van der Waals surface area contributed by atoms with Crippen molar-refractivity contribution >= 4 is 25.1 Å². The highest BCUT2D eigenvalue weighted by Crippen LogP contribution is 2.29. The molecule has 1 aromatic rings. The summed E-state index contributed by atoms with van der Waals surface area (Å²) in [6.45, 7) is 0. The molecular formula is C8H6BFS. The molecule has 0 saturated heterocycles. The van der Waals surface area contributed by atoms with E-state index < -0.39 is 0 Å². The lowest BCUT2D eigenvalue weighted by atomic mass is 9.89. The normalized spacial score (nSPS) is 15.0. The molecule has 0 fully saturated rings. The molecule has 0 amide bonds. The zero-order chi connectivity index (χ0) is 7.84. The minimum Gasteiger partial charge on any atom is -0.208 e. The predicted molar refractivity (Wildman–Crippen MR) is 46.2 cm³/mol. The lowest BCUT2D eigenvalue weighted by molar-refractivity contribution is 0.633. The van der Waals surface area contributed by atoms with Gasteiger partial charge in [0.05, 0.1) is 0 Å². The van der Waals surface area contributed by atoms with Crippen molar-refractivity contribution < 1.29 is 4.39 Å². The van der Waals surface area contributed by atoms with Gasteiger partial charge in [0, 0.05) is 10.6 Å². The Morgan fingerprint density at radius 1 is 1.45 bits per heavy atom. The van der Waals surface area contributed by atoms with Crippen LogP contribution in [-0.4, -0.2) is 13.6 Å². The van der Waals surface area contributed by atoms with Crippen molar-refractivity contribution in [2.24, 2.45) is 0 Å². The Morgan fingerprint density at radius 2 is 2.27 bits per heavy atom. The first kappa shape index (κ1) is 7.23. The van der Waals surface area contributed by atoms with Gasteiger partial charge in [0.15, 0.2) is 0 Å². The summed E-state index contributed by atoms with van der Waals surface area (Å²) in [6.07, 6.45) is 0.906. The zero-order valence-electron chi connectivity index (χ0n) is 5.93. The Kier molecular flexibility index (Phi) is 1.68. The average Bonchev–Trinajstić information content (AvgIpc) is 2.45. The van der Waals surface area contributed by atoms with Gasteiger partial charge in [-0.15, -0.1) is 11.8 Å². The van der Waals surface area contributed by atoms with Crippen LogP contribution in [0, 0.1) is 5.82 Å². The van der Waals surface area contributed by atoms with E-state index in [1.165, 1.54) is 6.07 Å². The topological polar surface area (TPSA) is 0 Å². The third-order valence-electron chi connectivity index (χ3n) is 1.87. The first-order valence-electron chi connectivity index (χ1n) is 3.48. The maximum atomic E-state index is 12.8. The number of rotatable bonds is 0. The van der Waals surface area contributed by atoms with E-state index in [4.69, 9.17) is 7.85 Å². The third-order valence-corrected chi connectivity index (χ3v) is 2.97. The van der Waals surface area contributed by atoms with E-state index in [0.29, 0.717) is 5.46 Å². The second-order valence-corrected chi connectivity index (χ2v) is 3.67. The van der Waals surface area contributed by atoms with Gasteiger partial charge in [-0.2, -0.15) is 0 Å². The summed E-state index contributed by atoms with van der Waals surface area (Å²) in [5.74, 6) is 0.745. The summed E-state index contributed by atoms with van der Waals surface area (Å²) in [5, 5.41) is 0. The van der Waals surface area contributed by atoms with Crippen LogP contribution in [0.15, 0.2) is 17.0 Å². The number of benzene rings is 1. The Hall–Kier alpha value is -0.435. The highest BCUT2D eigenvalue weighted by Gasteiger charge is 2.14. The van der Waals surface area contributed by atoms with Gasteiger partial charge in [-0.3, -0.25) is 0 Å². The molecule has 0 aliphatic carbocycles. The molecular weight excluding hydrogens is 158 g/mol. The van der Waals surface area contributed by atoms with Crippen LogP contribution in [0.1, 0.15) is 5.56 Å². The number of hydrogen-bond donors (Lipinski definition) is 0. The first-order chi connectivity index (χ1) is 5.29. The summed E-state index contributed by atoms with van der Waals surface area (Å²) in [7, 11) is 5.55. The van der Waals surface area contributed by atoms with Crippen LogP contribution in [0.25, 0.3) is 0 Å². The van der Waals surface area contributed by atoms with Crippen LogP contribution < -0.4 is 5.46 Å². The largest absolute Gasteiger partial charge is 0.208 e. The van der Waals surface area contributed by atoms with E-state index in [1.54, 1.807) is 17.8 Å². The van der Waals surface area contributed by atoms with Crippen LogP contribution in [0.2, 0.25) is 0 Å². The lowest BCUT2D eigenvalue weighted by Gasteiger charge is -2.03. The van der Waals surface area contributed by atoms with Gasteiger partial charge in [0.1, 0.15) is 13.7 Å².